The first-order valence-electron chi connectivity index (χ1n) is 11.4. The van der Waals surface area contributed by atoms with E-state index in [4.69, 9.17) is 10.7 Å². The first-order valence-corrected chi connectivity index (χ1v) is 11.4. The van der Waals surface area contributed by atoms with Crippen LogP contribution in [0.4, 0.5) is 27.7 Å². The number of nitro benzene ring substituents is 1. The largest absolute Gasteiger partial charge is 0.377 e. The van der Waals surface area contributed by atoms with Crippen molar-refractivity contribution in [1.82, 2.24) is 4.98 Å². The molecule has 1 fully saturated rings. The molecule has 0 spiro atoms. The van der Waals surface area contributed by atoms with Crippen molar-refractivity contribution in [2.24, 2.45) is 5.73 Å². The smallest absolute Gasteiger partial charge is 0.319 e. The van der Waals surface area contributed by atoms with Crippen LogP contribution in [-0.2, 0) is 0 Å². The van der Waals surface area contributed by atoms with Gasteiger partial charge < -0.3 is 16.0 Å². The Bertz CT molecular complexity index is 1220. The fraction of sp³-hybridized carbons (Fsp3) is 0.360. The Morgan fingerprint density at radius 1 is 1.09 bits per heavy atom. The molecule has 0 saturated heterocycles. The number of carbonyl (C=O) groups excluding carboxylic acids is 1. The fourth-order valence-electron chi connectivity index (χ4n) is 4.75. The van der Waals surface area contributed by atoms with Gasteiger partial charge in [0.05, 0.1) is 16.1 Å². The van der Waals surface area contributed by atoms with Crippen LogP contribution in [0.3, 0.4) is 0 Å². The number of nitrogens with zero attached hydrogens (tertiary/aromatic N) is 4. The molecule has 4 rings (SSSR count). The zero-order valence-corrected chi connectivity index (χ0v) is 19.7. The van der Waals surface area contributed by atoms with Crippen molar-refractivity contribution in [3.8, 4) is 0 Å². The Hall–Kier alpha value is -3.88. The van der Waals surface area contributed by atoms with Crippen molar-refractivity contribution in [3.63, 3.8) is 0 Å². The number of aromatic nitrogens is 1. The van der Waals surface area contributed by atoms with E-state index in [-0.39, 0.29) is 17.8 Å². The molecule has 2 amide bonds. The normalized spacial score (nSPS) is 17.9. The molecule has 1 heterocycles. The number of nitro groups is 1. The van der Waals surface area contributed by atoms with Crippen molar-refractivity contribution < 1.29 is 9.72 Å². The number of para-hydroxylation sites is 1. The molecule has 0 unspecified atom stereocenters. The Morgan fingerprint density at radius 3 is 2.44 bits per heavy atom. The highest BCUT2D eigenvalue weighted by molar-refractivity contribution is 5.94. The van der Waals surface area contributed by atoms with Crippen LogP contribution in [0.2, 0.25) is 0 Å². The van der Waals surface area contributed by atoms with Crippen LogP contribution in [0, 0.1) is 17.0 Å². The van der Waals surface area contributed by atoms with Gasteiger partial charge in [-0.3, -0.25) is 15.0 Å². The number of hydrogen-bond acceptors (Lipinski definition) is 6. The van der Waals surface area contributed by atoms with E-state index in [2.05, 4.69) is 22.3 Å². The van der Waals surface area contributed by atoms with E-state index in [1.54, 1.807) is 6.07 Å². The van der Waals surface area contributed by atoms with Gasteiger partial charge in [0.2, 0.25) is 0 Å². The van der Waals surface area contributed by atoms with Gasteiger partial charge in [0.1, 0.15) is 5.82 Å². The molecular weight excluding hydrogens is 432 g/mol. The fourth-order valence-corrected chi connectivity index (χ4v) is 4.75. The van der Waals surface area contributed by atoms with Crippen molar-refractivity contribution >= 4 is 39.8 Å². The molecule has 178 valence electrons. The van der Waals surface area contributed by atoms with Gasteiger partial charge in [-0.25, -0.2) is 9.78 Å². The molecule has 1 aliphatic carbocycles. The Kier molecular flexibility index (Phi) is 6.54. The summed E-state index contributed by atoms with van der Waals surface area (Å²) in [6.07, 6.45) is 3.12. The standard InChI is InChI=1S/C25H30N6O3/c1-16-8-11-19(31(33)34)14-22(16)30(25(26)32)18-12-9-17(10-13-18)27-24-15-23(29(2)3)20-6-4-5-7-21(20)28-24/h4-8,11,14-15,17-18H,9-10,12-13H2,1-3H3,(H2,26,32)(H,27,28)/t17-,18+. The number of nitrogens with two attached hydrogens (primary N) is 1. The topological polar surface area (TPSA) is 118 Å². The summed E-state index contributed by atoms with van der Waals surface area (Å²) in [5.41, 5.74) is 9.00. The van der Waals surface area contributed by atoms with E-state index >= 15 is 0 Å². The van der Waals surface area contributed by atoms with Crippen LogP contribution in [0.15, 0.2) is 48.5 Å². The van der Waals surface area contributed by atoms with Gasteiger partial charge in [0.15, 0.2) is 0 Å². The number of fused-ring (bicyclic) bond motifs is 1. The van der Waals surface area contributed by atoms with Crippen LogP contribution in [0.1, 0.15) is 31.2 Å². The number of carbonyl (C=O) groups is 1. The second-order valence-corrected chi connectivity index (χ2v) is 9.02. The lowest BCUT2D eigenvalue weighted by Gasteiger charge is -2.37. The van der Waals surface area contributed by atoms with Gasteiger partial charge >= 0.3 is 6.03 Å². The van der Waals surface area contributed by atoms with Gasteiger partial charge in [-0.2, -0.15) is 0 Å². The Morgan fingerprint density at radius 2 is 1.79 bits per heavy atom. The zero-order valence-electron chi connectivity index (χ0n) is 19.7. The number of urea groups is 1. The maximum absolute atomic E-state index is 12.4. The molecule has 0 aliphatic heterocycles. The predicted octanol–water partition coefficient (Wildman–Crippen LogP) is 4.83. The molecule has 2 aromatic carbocycles. The molecular formula is C25H30N6O3. The number of non-ortho nitro benzene ring substituents is 1. The second kappa shape index (κ2) is 9.54. The average molecular weight is 463 g/mol. The molecule has 34 heavy (non-hydrogen) atoms. The number of hydrogen-bond donors (Lipinski definition) is 2. The number of pyridine rings is 1. The van der Waals surface area contributed by atoms with Gasteiger partial charge in [-0.05, 0) is 44.2 Å². The van der Waals surface area contributed by atoms with Gasteiger partial charge in [-0.1, -0.05) is 24.3 Å². The second-order valence-electron chi connectivity index (χ2n) is 9.02. The van der Waals surface area contributed by atoms with Crippen LogP contribution in [0.25, 0.3) is 10.9 Å². The molecule has 3 aromatic rings. The van der Waals surface area contributed by atoms with Gasteiger partial charge in [-0.15, -0.1) is 0 Å². The van der Waals surface area contributed by atoms with E-state index in [1.165, 1.54) is 17.0 Å². The monoisotopic (exact) mass is 462 g/mol. The van der Waals surface area contributed by atoms with E-state index in [0.717, 1.165) is 53.7 Å². The Labute approximate surface area is 198 Å². The molecule has 9 nitrogen and oxygen atoms in total. The molecule has 1 saturated carbocycles. The number of benzene rings is 2. The van der Waals surface area contributed by atoms with Crippen molar-refractivity contribution in [3.05, 3.63) is 64.2 Å². The van der Waals surface area contributed by atoms with Crippen LogP contribution >= 0.6 is 0 Å². The molecule has 0 bridgehead atoms. The summed E-state index contributed by atoms with van der Waals surface area (Å²) >= 11 is 0. The summed E-state index contributed by atoms with van der Waals surface area (Å²) in [5.74, 6) is 0.826. The highest BCUT2D eigenvalue weighted by Crippen LogP contribution is 2.34. The summed E-state index contributed by atoms with van der Waals surface area (Å²) in [6.45, 7) is 1.83. The van der Waals surface area contributed by atoms with Gasteiger partial charge in [0, 0.05) is 55.5 Å². The average Bonchev–Trinajstić information content (AvgIpc) is 2.80. The van der Waals surface area contributed by atoms with E-state index in [9.17, 15) is 14.9 Å². The summed E-state index contributed by atoms with van der Waals surface area (Å²) in [4.78, 5) is 31.6. The summed E-state index contributed by atoms with van der Waals surface area (Å²) in [7, 11) is 4.04. The number of aryl methyl sites for hydroxylation is 1. The minimum Gasteiger partial charge on any atom is -0.377 e. The third-order valence-corrected chi connectivity index (χ3v) is 6.49. The predicted molar refractivity (Wildman–Crippen MR) is 136 cm³/mol. The number of amides is 2. The Balaban J connectivity index is 1.50. The first kappa shape index (κ1) is 23.3. The third kappa shape index (κ3) is 4.73. The molecule has 0 atom stereocenters. The van der Waals surface area contributed by atoms with E-state index in [1.807, 2.05) is 39.2 Å². The lowest BCUT2D eigenvalue weighted by Crippen LogP contribution is -2.47. The zero-order chi connectivity index (χ0) is 24.4. The minimum absolute atomic E-state index is 0.0544. The quantitative estimate of drug-likeness (QED) is 0.400. The highest BCUT2D eigenvalue weighted by atomic mass is 16.6. The third-order valence-electron chi connectivity index (χ3n) is 6.49. The highest BCUT2D eigenvalue weighted by Gasteiger charge is 2.31. The lowest BCUT2D eigenvalue weighted by atomic mass is 9.89. The summed E-state index contributed by atoms with van der Waals surface area (Å²) in [5, 5.41) is 15.9. The number of anilines is 3. The number of nitrogens with one attached hydrogen (secondary N) is 1. The SMILES string of the molecule is Cc1ccc([N+](=O)[O-])cc1N(C(N)=O)[C@H]1CC[C@@H](Nc2cc(N(C)C)c3ccccc3n2)CC1. The van der Waals surface area contributed by atoms with Crippen LogP contribution < -0.4 is 20.9 Å². The number of rotatable bonds is 6. The first-order chi connectivity index (χ1) is 16.2. The maximum Gasteiger partial charge on any atom is 0.319 e. The number of primary amides is 1. The maximum atomic E-state index is 12.4. The molecule has 0 radical (unpaired) electrons. The van der Waals surface area contributed by atoms with Crippen molar-refractivity contribution in [1.29, 1.82) is 0 Å². The van der Waals surface area contributed by atoms with E-state index < -0.39 is 11.0 Å². The molecule has 1 aromatic heterocycles. The minimum atomic E-state index is -0.591. The lowest BCUT2D eigenvalue weighted by molar-refractivity contribution is -0.384. The van der Waals surface area contributed by atoms with Crippen molar-refractivity contribution in [2.45, 2.75) is 44.7 Å². The summed E-state index contributed by atoms with van der Waals surface area (Å²) in [6, 6.07) is 14.2. The van der Waals surface area contributed by atoms with E-state index in [0.29, 0.717) is 5.69 Å². The van der Waals surface area contributed by atoms with Crippen molar-refractivity contribution in [2.75, 3.05) is 29.2 Å². The molecule has 1 aliphatic rings. The van der Waals surface area contributed by atoms with Crippen LogP contribution in [-0.4, -0.2) is 42.1 Å². The summed E-state index contributed by atoms with van der Waals surface area (Å²) < 4.78 is 0. The van der Waals surface area contributed by atoms with Crippen LogP contribution in [0.5, 0.6) is 0 Å². The van der Waals surface area contributed by atoms with Gasteiger partial charge in [0.25, 0.3) is 5.69 Å². The molecule has 3 N–H and O–H groups in total. The molecule has 9 heteroatoms.